The normalized spacial score (nSPS) is 19.3. The first-order chi connectivity index (χ1) is 8.99. The average molecular weight is 281 g/mol. The Morgan fingerprint density at radius 1 is 1.26 bits per heavy atom. The van der Waals surface area contributed by atoms with Gasteiger partial charge in [-0.2, -0.15) is 4.31 Å². The molecular weight excluding hydrogens is 262 g/mol. The number of rotatable bonds is 4. The van der Waals surface area contributed by atoms with Gasteiger partial charge in [0.1, 0.15) is 5.78 Å². The topological polar surface area (TPSA) is 54.5 Å². The number of hydrogen-bond acceptors (Lipinski definition) is 3. The van der Waals surface area contributed by atoms with Crippen LogP contribution in [0, 0.1) is 0 Å². The highest BCUT2D eigenvalue weighted by molar-refractivity contribution is 7.89. The molecule has 0 amide bonds. The standard InChI is InChI=1S/C14H19NO3S/c1-12(13-6-3-2-4-7-13)11-19(17,18)15-9-5-8-14(16)10-15/h2-4,6-7,12H,5,8-11H2,1H3. The molecule has 4 nitrogen and oxygen atoms in total. The van der Waals surface area contributed by atoms with Gasteiger partial charge < -0.3 is 0 Å². The molecule has 104 valence electrons. The number of carbonyl (C=O) groups excluding carboxylic acids is 1. The van der Waals surface area contributed by atoms with E-state index in [0.29, 0.717) is 19.4 Å². The molecule has 1 unspecified atom stereocenters. The lowest BCUT2D eigenvalue weighted by molar-refractivity contribution is -0.120. The first-order valence-electron chi connectivity index (χ1n) is 6.53. The van der Waals surface area contributed by atoms with Gasteiger partial charge in [-0.1, -0.05) is 37.3 Å². The van der Waals surface area contributed by atoms with Crippen molar-refractivity contribution >= 4 is 15.8 Å². The second-order valence-corrected chi connectivity index (χ2v) is 7.08. The van der Waals surface area contributed by atoms with E-state index < -0.39 is 10.0 Å². The molecule has 1 saturated heterocycles. The summed E-state index contributed by atoms with van der Waals surface area (Å²) in [7, 11) is -3.35. The maximum atomic E-state index is 12.3. The number of ketones is 1. The highest BCUT2D eigenvalue weighted by Gasteiger charge is 2.29. The third kappa shape index (κ3) is 3.64. The molecule has 0 bridgehead atoms. The minimum absolute atomic E-state index is 0.0159. The average Bonchev–Trinajstić information content (AvgIpc) is 2.39. The fourth-order valence-corrected chi connectivity index (χ4v) is 4.13. The van der Waals surface area contributed by atoms with Gasteiger partial charge in [-0.3, -0.25) is 4.79 Å². The van der Waals surface area contributed by atoms with Crippen molar-refractivity contribution in [3.63, 3.8) is 0 Å². The van der Waals surface area contributed by atoms with E-state index in [1.165, 1.54) is 4.31 Å². The lowest BCUT2D eigenvalue weighted by Gasteiger charge is -2.26. The van der Waals surface area contributed by atoms with Gasteiger partial charge in [0.15, 0.2) is 0 Å². The Morgan fingerprint density at radius 3 is 2.58 bits per heavy atom. The number of Topliss-reactive ketones (excluding diaryl/α,β-unsaturated/α-hetero) is 1. The van der Waals surface area contributed by atoms with Crippen molar-refractivity contribution in [2.45, 2.75) is 25.7 Å². The summed E-state index contributed by atoms with van der Waals surface area (Å²) in [6.45, 7) is 2.41. The molecule has 1 heterocycles. The van der Waals surface area contributed by atoms with E-state index in [1.54, 1.807) is 0 Å². The van der Waals surface area contributed by atoms with Crippen molar-refractivity contribution in [3.8, 4) is 0 Å². The van der Waals surface area contributed by atoms with Crippen molar-refractivity contribution < 1.29 is 13.2 Å². The van der Waals surface area contributed by atoms with E-state index in [4.69, 9.17) is 0 Å². The van der Waals surface area contributed by atoms with Crippen LogP contribution in [0.2, 0.25) is 0 Å². The van der Waals surface area contributed by atoms with E-state index >= 15 is 0 Å². The Kier molecular flexibility index (Phi) is 4.37. The van der Waals surface area contributed by atoms with Gasteiger partial charge in [0.05, 0.1) is 12.3 Å². The molecule has 1 fully saturated rings. The molecule has 1 atom stereocenters. The Balaban J connectivity index is 2.06. The summed E-state index contributed by atoms with van der Waals surface area (Å²) < 4.78 is 25.9. The molecule has 0 N–H and O–H groups in total. The minimum Gasteiger partial charge on any atom is -0.298 e. The molecule has 0 saturated carbocycles. The first-order valence-corrected chi connectivity index (χ1v) is 8.14. The Bertz CT molecular complexity index is 539. The Morgan fingerprint density at radius 2 is 1.95 bits per heavy atom. The van der Waals surface area contributed by atoms with Gasteiger partial charge in [-0.15, -0.1) is 0 Å². The van der Waals surface area contributed by atoms with Crippen LogP contribution in [-0.4, -0.2) is 37.3 Å². The molecule has 0 radical (unpaired) electrons. The zero-order valence-corrected chi connectivity index (χ0v) is 11.9. The molecule has 1 aliphatic heterocycles. The second-order valence-electron chi connectivity index (χ2n) is 5.07. The molecule has 0 aromatic heterocycles. The van der Waals surface area contributed by atoms with Crippen LogP contribution in [0.15, 0.2) is 30.3 Å². The molecule has 2 rings (SSSR count). The van der Waals surface area contributed by atoms with E-state index in [2.05, 4.69) is 0 Å². The van der Waals surface area contributed by atoms with Gasteiger partial charge in [0, 0.05) is 13.0 Å². The molecule has 0 aliphatic carbocycles. The molecule has 1 aromatic rings. The van der Waals surface area contributed by atoms with Gasteiger partial charge in [0.25, 0.3) is 0 Å². The molecule has 19 heavy (non-hydrogen) atoms. The molecule has 1 aliphatic rings. The van der Waals surface area contributed by atoms with Crippen molar-refractivity contribution in [1.82, 2.24) is 4.31 Å². The Labute approximate surface area is 114 Å². The third-order valence-electron chi connectivity index (χ3n) is 3.44. The van der Waals surface area contributed by atoms with Crippen LogP contribution in [0.1, 0.15) is 31.2 Å². The van der Waals surface area contributed by atoms with E-state index in [9.17, 15) is 13.2 Å². The highest BCUT2D eigenvalue weighted by Crippen LogP contribution is 2.20. The zero-order valence-electron chi connectivity index (χ0n) is 11.1. The Hall–Kier alpha value is -1.20. The van der Waals surface area contributed by atoms with Gasteiger partial charge >= 0.3 is 0 Å². The van der Waals surface area contributed by atoms with Gasteiger partial charge in [0.2, 0.25) is 10.0 Å². The van der Waals surface area contributed by atoms with Crippen molar-refractivity contribution in [1.29, 1.82) is 0 Å². The summed E-state index contributed by atoms with van der Waals surface area (Å²) in [4.78, 5) is 11.4. The predicted octanol–water partition coefficient (Wildman–Crippen LogP) is 1.78. The van der Waals surface area contributed by atoms with Crippen LogP contribution in [0.25, 0.3) is 0 Å². The molecule has 1 aromatic carbocycles. The quantitative estimate of drug-likeness (QED) is 0.845. The maximum absolute atomic E-state index is 12.3. The van der Waals surface area contributed by atoms with Crippen LogP contribution in [0.4, 0.5) is 0 Å². The number of carbonyl (C=O) groups is 1. The van der Waals surface area contributed by atoms with Gasteiger partial charge in [-0.25, -0.2) is 8.42 Å². The summed E-state index contributed by atoms with van der Waals surface area (Å²) in [6, 6.07) is 9.59. The number of piperidine rings is 1. The third-order valence-corrected chi connectivity index (χ3v) is 5.46. The monoisotopic (exact) mass is 281 g/mol. The zero-order chi connectivity index (χ0) is 13.9. The predicted molar refractivity (Wildman–Crippen MR) is 74.5 cm³/mol. The van der Waals surface area contributed by atoms with E-state index in [-0.39, 0.29) is 24.0 Å². The van der Waals surface area contributed by atoms with Crippen molar-refractivity contribution in [2.75, 3.05) is 18.8 Å². The number of hydrogen-bond donors (Lipinski definition) is 0. The fourth-order valence-electron chi connectivity index (χ4n) is 2.34. The van der Waals surface area contributed by atoms with Crippen LogP contribution >= 0.6 is 0 Å². The maximum Gasteiger partial charge on any atom is 0.215 e. The largest absolute Gasteiger partial charge is 0.298 e. The summed E-state index contributed by atoms with van der Waals surface area (Å²) in [5.41, 5.74) is 1.01. The SMILES string of the molecule is CC(CS(=O)(=O)N1CCCC(=O)C1)c1ccccc1. The second kappa shape index (κ2) is 5.84. The summed E-state index contributed by atoms with van der Waals surface area (Å²) in [5, 5.41) is 0. The highest BCUT2D eigenvalue weighted by atomic mass is 32.2. The smallest absolute Gasteiger partial charge is 0.215 e. The van der Waals surface area contributed by atoms with Crippen LogP contribution < -0.4 is 0 Å². The molecule has 5 heteroatoms. The number of sulfonamides is 1. The summed E-state index contributed by atoms with van der Waals surface area (Å²) in [5.74, 6) is 0.00928. The lowest BCUT2D eigenvalue weighted by Crippen LogP contribution is -2.42. The van der Waals surface area contributed by atoms with E-state index in [0.717, 1.165) is 5.56 Å². The number of nitrogens with zero attached hydrogens (tertiary/aromatic N) is 1. The van der Waals surface area contributed by atoms with Crippen molar-refractivity contribution in [2.24, 2.45) is 0 Å². The van der Waals surface area contributed by atoms with Crippen LogP contribution in [-0.2, 0) is 14.8 Å². The summed E-state index contributed by atoms with van der Waals surface area (Å²) >= 11 is 0. The molecular formula is C14H19NO3S. The van der Waals surface area contributed by atoms with Crippen LogP contribution in [0.3, 0.4) is 0 Å². The summed E-state index contributed by atoms with van der Waals surface area (Å²) in [6.07, 6.45) is 1.14. The van der Waals surface area contributed by atoms with Crippen molar-refractivity contribution in [3.05, 3.63) is 35.9 Å². The first kappa shape index (κ1) is 14.2. The van der Waals surface area contributed by atoms with E-state index in [1.807, 2.05) is 37.3 Å². The van der Waals surface area contributed by atoms with Gasteiger partial charge in [-0.05, 0) is 17.9 Å². The number of benzene rings is 1. The van der Waals surface area contributed by atoms with Crippen LogP contribution in [0.5, 0.6) is 0 Å². The molecule has 0 spiro atoms. The fraction of sp³-hybridized carbons (Fsp3) is 0.500. The lowest BCUT2D eigenvalue weighted by atomic mass is 10.0. The minimum atomic E-state index is -3.35.